The zero-order valence-electron chi connectivity index (χ0n) is 31.0. The third-order valence-corrected chi connectivity index (χ3v) is 15.8. The van der Waals surface area contributed by atoms with Gasteiger partial charge in [-0.1, -0.05) is 183 Å². The molecule has 0 aromatic heterocycles. The highest BCUT2D eigenvalue weighted by Crippen LogP contribution is 2.47. The van der Waals surface area contributed by atoms with Crippen LogP contribution in [-0.4, -0.2) is 8.07 Å². The molecule has 1 aliphatic rings. The van der Waals surface area contributed by atoms with Crippen molar-refractivity contribution >= 4 is 61.5 Å². The molecule has 0 N–H and O–H groups in total. The monoisotopic (exact) mass is 714 g/mol. The minimum absolute atomic E-state index is 1.22. The van der Waals surface area contributed by atoms with Gasteiger partial charge in [-0.15, -0.1) is 0 Å². The molecule has 0 atom stereocenters. The molecule has 0 fully saturated rings. The first kappa shape index (κ1) is 31.9. The van der Waals surface area contributed by atoms with Gasteiger partial charge in [0.15, 0.2) is 0 Å². The molecule has 1 heteroatoms. The van der Waals surface area contributed by atoms with Crippen LogP contribution in [0, 0.1) is 0 Å². The lowest BCUT2D eigenvalue weighted by Crippen LogP contribution is -2.49. The van der Waals surface area contributed by atoms with Crippen LogP contribution >= 0.6 is 0 Å². The van der Waals surface area contributed by atoms with Gasteiger partial charge in [0, 0.05) is 0 Å². The minimum atomic E-state index is -1.96. The molecule has 0 amide bonds. The Morgan fingerprint density at radius 2 is 0.745 bits per heavy atom. The van der Waals surface area contributed by atoms with Gasteiger partial charge in [0.25, 0.3) is 0 Å². The molecule has 0 nitrogen and oxygen atoms in total. The molecular formula is C54H38Si. The molecule has 1 aliphatic heterocycles. The zero-order chi connectivity index (χ0) is 36.7. The Morgan fingerprint density at radius 3 is 1.42 bits per heavy atom. The van der Waals surface area contributed by atoms with Crippen LogP contribution in [0.5, 0.6) is 0 Å². The largest absolute Gasteiger partial charge is 0.113 e. The van der Waals surface area contributed by atoms with Crippen LogP contribution in [0.3, 0.4) is 0 Å². The van der Waals surface area contributed by atoms with Crippen molar-refractivity contribution in [2.45, 2.75) is 13.1 Å². The smallest absolute Gasteiger partial charge is 0.0623 e. The van der Waals surface area contributed by atoms with Crippen molar-refractivity contribution < 1.29 is 0 Å². The van der Waals surface area contributed by atoms with Crippen molar-refractivity contribution in [3.8, 4) is 55.6 Å². The highest BCUT2D eigenvalue weighted by Gasteiger charge is 2.38. The fraction of sp³-hybridized carbons (Fsp3) is 0.0370. The van der Waals surface area contributed by atoms with E-state index in [1.165, 1.54) is 109 Å². The van der Waals surface area contributed by atoms with E-state index >= 15 is 0 Å². The number of benzene rings is 10. The molecule has 0 radical (unpaired) electrons. The number of fused-ring (bicyclic) bond motifs is 7. The summed E-state index contributed by atoms with van der Waals surface area (Å²) < 4.78 is 0. The molecule has 11 rings (SSSR count). The minimum Gasteiger partial charge on any atom is -0.0623 e. The van der Waals surface area contributed by atoms with E-state index in [1.54, 1.807) is 0 Å². The summed E-state index contributed by atoms with van der Waals surface area (Å²) in [7, 11) is -1.96. The van der Waals surface area contributed by atoms with Crippen molar-refractivity contribution in [3.63, 3.8) is 0 Å². The predicted octanol–water partition coefficient (Wildman–Crippen LogP) is 13.8. The highest BCUT2D eigenvalue weighted by atomic mass is 28.3. The van der Waals surface area contributed by atoms with Gasteiger partial charge in [-0.25, -0.2) is 0 Å². The molecule has 10 aromatic rings. The van der Waals surface area contributed by atoms with Gasteiger partial charge in [-0.3, -0.25) is 0 Å². The maximum atomic E-state index is 2.60. The maximum Gasteiger partial charge on any atom is 0.113 e. The van der Waals surface area contributed by atoms with Gasteiger partial charge in [0.1, 0.15) is 8.07 Å². The van der Waals surface area contributed by atoms with Crippen LogP contribution < -0.4 is 10.4 Å². The lowest BCUT2D eigenvalue weighted by molar-refractivity contribution is 1.60. The molecule has 258 valence electrons. The molecule has 0 bridgehead atoms. The van der Waals surface area contributed by atoms with Crippen molar-refractivity contribution in [1.82, 2.24) is 0 Å². The average Bonchev–Trinajstić information content (AvgIpc) is 3.46. The van der Waals surface area contributed by atoms with Crippen molar-refractivity contribution in [3.05, 3.63) is 194 Å². The molecule has 10 aromatic carbocycles. The van der Waals surface area contributed by atoms with E-state index in [0.29, 0.717) is 0 Å². The Balaban J connectivity index is 1.26. The Hall–Kier alpha value is -6.54. The maximum absolute atomic E-state index is 2.60. The lowest BCUT2D eigenvalue weighted by atomic mass is 9.83. The van der Waals surface area contributed by atoms with E-state index in [9.17, 15) is 0 Å². The Labute approximate surface area is 323 Å². The number of rotatable bonds is 4. The van der Waals surface area contributed by atoms with E-state index < -0.39 is 8.07 Å². The molecule has 0 saturated heterocycles. The second-order valence-electron chi connectivity index (χ2n) is 15.7. The Morgan fingerprint density at radius 1 is 0.273 bits per heavy atom. The van der Waals surface area contributed by atoms with E-state index in [4.69, 9.17) is 0 Å². The lowest BCUT2D eigenvalue weighted by Gasteiger charge is -2.23. The second-order valence-corrected chi connectivity index (χ2v) is 20.0. The van der Waals surface area contributed by atoms with Gasteiger partial charge in [-0.2, -0.15) is 0 Å². The van der Waals surface area contributed by atoms with E-state index in [1.807, 2.05) is 0 Å². The summed E-state index contributed by atoms with van der Waals surface area (Å²) >= 11 is 0. The normalized spacial score (nSPS) is 13.1. The van der Waals surface area contributed by atoms with Crippen LogP contribution in [0.1, 0.15) is 0 Å². The molecule has 0 unspecified atom stereocenters. The highest BCUT2D eigenvalue weighted by molar-refractivity contribution is 7.04. The standard InChI is InChI=1S/C54H38Si/c1-55(2)51-19-11-10-18-45(51)47-33-49-50(34-52(47)55)54(44-27-25-37-15-7-9-17-41(37)31-44)48-32-42(39-22-20-38(21-23-39)35-12-4-3-5-13-35)28-29-46(48)53(49)43-26-24-36-14-6-8-16-40(36)30-43/h3-34H,1-2H3. The fourth-order valence-electron chi connectivity index (χ4n) is 9.40. The van der Waals surface area contributed by atoms with Crippen LogP contribution in [0.15, 0.2) is 194 Å². The summed E-state index contributed by atoms with van der Waals surface area (Å²) in [5.74, 6) is 0. The average molecular weight is 715 g/mol. The van der Waals surface area contributed by atoms with Crippen molar-refractivity contribution in [2.24, 2.45) is 0 Å². The van der Waals surface area contributed by atoms with Crippen LogP contribution in [0.4, 0.5) is 0 Å². The first-order valence-electron chi connectivity index (χ1n) is 19.3. The molecule has 0 aliphatic carbocycles. The van der Waals surface area contributed by atoms with Crippen LogP contribution in [0.25, 0.3) is 98.7 Å². The van der Waals surface area contributed by atoms with E-state index in [0.717, 1.165) is 0 Å². The van der Waals surface area contributed by atoms with Gasteiger partial charge < -0.3 is 0 Å². The molecular weight excluding hydrogens is 677 g/mol. The van der Waals surface area contributed by atoms with Crippen molar-refractivity contribution in [2.75, 3.05) is 0 Å². The molecule has 55 heavy (non-hydrogen) atoms. The SMILES string of the molecule is C[Si]1(C)c2ccccc2-c2cc3c(-c4ccc5ccccc5c4)c4ccc(-c5ccc(-c6ccccc6)cc5)cc4c(-c4ccc5ccccc5c4)c3cc21. The zero-order valence-corrected chi connectivity index (χ0v) is 32.0. The third kappa shape index (κ3) is 5.04. The molecule has 0 spiro atoms. The summed E-state index contributed by atoms with van der Waals surface area (Å²) in [6, 6.07) is 72.8. The third-order valence-electron chi connectivity index (χ3n) is 12.2. The fourth-order valence-corrected chi connectivity index (χ4v) is 12.5. The number of hydrogen-bond acceptors (Lipinski definition) is 0. The predicted molar refractivity (Wildman–Crippen MR) is 240 cm³/mol. The summed E-state index contributed by atoms with van der Waals surface area (Å²) in [5, 5.41) is 13.3. The Bertz CT molecular complexity index is 3150. The first-order chi connectivity index (χ1) is 27.0. The Kier molecular flexibility index (Phi) is 7.11. The summed E-state index contributed by atoms with van der Waals surface area (Å²) in [6.45, 7) is 5.06. The topological polar surface area (TPSA) is 0 Å². The van der Waals surface area contributed by atoms with E-state index in [2.05, 4.69) is 207 Å². The molecule has 1 heterocycles. The summed E-state index contributed by atoms with van der Waals surface area (Å²) in [6.07, 6.45) is 0. The van der Waals surface area contributed by atoms with Gasteiger partial charge >= 0.3 is 0 Å². The summed E-state index contributed by atoms with van der Waals surface area (Å²) in [5.41, 5.74) is 12.8. The van der Waals surface area contributed by atoms with Gasteiger partial charge in [0.2, 0.25) is 0 Å². The first-order valence-corrected chi connectivity index (χ1v) is 22.3. The van der Waals surface area contributed by atoms with Gasteiger partial charge in [-0.05, 0) is 133 Å². The summed E-state index contributed by atoms with van der Waals surface area (Å²) in [4.78, 5) is 0. The van der Waals surface area contributed by atoms with Gasteiger partial charge in [0.05, 0.1) is 0 Å². The number of hydrogen-bond donors (Lipinski definition) is 0. The van der Waals surface area contributed by atoms with Crippen molar-refractivity contribution in [1.29, 1.82) is 0 Å². The second kappa shape index (κ2) is 12.2. The van der Waals surface area contributed by atoms with Crippen LogP contribution in [0.2, 0.25) is 13.1 Å². The van der Waals surface area contributed by atoms with E-state index in [-0.39, 0.29) is 0 Å². The quantitative estimate of drug-likeness (QED) is 0.126. The molecule has 0 saturated carbocycles. The van der Waals surface area contributed by atoms with Crippen LogP contribution in [-0.2, 0) is 0 Å².